The van der Waals surface area contributed by atoms with Crippen molar-refractivity contribution in [3.05, 3.63) is 30.4 Å². The zero-order valence-corrected chi connectivity index (χ0v) is 6.12. The van der Waals surface area contributed by atoms with E-state index in [1.54, 1.807) is 18.6 Å². The highest BCUT2D eigenvalue weighted by Crippen LogP contribution is 1.93. The van der Waals surface area contributed by atoms with E-state index in [-0.39, 0.29) is 0 Å². The lowest BCUT2D eigenvalue weighted by molar-refractivity contribution is 1.18. The molecule has 1 heterocycles. The standard InChI is InChI=1S/C7H7ClN2/c8-3-1-2-7-6-9-4-5-10-7/h1-2,4-6H,3H2/b2-1+. The number of aromatic nitrogens is 2. The molecule has 1 rings (SSSR count). The van der Waals surface area contributed by atoms with E-state index in [4.69, 9.17) is 11.6 Å². The molecule has 0 aliphatic rings. The number of allylic oxidation sites excluding steroid dienone is 1. The molecular formula is C7H7ClN2. The predicted molar refractivity (Wildman–Crippen MR) is 41.8 cm³/mol. The molecule has 0 bridgehead atoms. The fourth-order valence-corrected chi connectivity index (χ4v) is 0.651. The largest absolute Gasteiger partial charge is 0.261 e. The normalized spacial score (nSPS) is 10.5. The molecule has 0 fully saturated rings. The third-order valence-electron chi connectivity index (χ3n) is 0.961. The van der Waals surface area contributed by atoms with Gasteiger partial charge in [-0.15, -0.1) is 11.6 Å². The van der Waals surface area contributed by atoms with Gasteiger partial charge in [-0.2, -0.15) is 0 Å². The van der Waals surface area contributed by atoms with Crippen LogP contribution in [-0.2, 0) is 0 Å². The Kier molecular flexibility index (Phi) is 2.90. The van der Waals surface area contributed by atoms with E-state index in [0.717, 1.165) is 5.69 Å². The molecule has 10 heavy (non-hydrogen) atoms. The van der Waals surface area contributed by atoms with Crippen LogP contribution in [-0.4, -0.2) is 15.8 Å². The number of hydrogen-bond donors (Lipinski definition) is 0. The minimum absolute atomic E-state index is 0.510. The van der Waals surface area contributed by atoms with Crippen LogP contribution in [0.1, 0.15) is 5.69 Å². The van der Waals surface area contributed by atoms with Crippen LogP contribution in [0.15, 0.2) is 24.7 Å². The number of rotatable bonds is 2. The smallest absolute Gasteiger partial charge is 0.0810 e. The maximum atomic E-state index is 5.42. The molecule has 0 radical (unpaired) electrons. The van der Waals surface area contributed by atoms with Crippen LogP contribution < -0.4 is 0 Å². The van der Waals surface area contributed by atoms with Crippen LogP contribution in [0.2, 0.25) is 0 Å². The Morgan fingerprint density at radius 2 is 2.40 bits per heavy atom. The third-order valence-corrected chi connectivity index (χ3v) is 1.14. The topological polar surface area (TPSA) is 25.8 Å². The molecule has 0 saturated heterocycles. The Bertz CT molecular complexity index is 208. The second-order valence-electron chi connectivity index (χ2n) is 1.69. The lowest BCUT2D eigenvalue weighted by atomic mass is 10.4. The van der Waals surface area contributed by atoms with Crippen molar-refractivity contribution in [2.24, 2.45) is 0 Å². The van der Waals surface area contributed by atoms with Gasteiger partial charge in [0.25, 0.3) is 0 Å². The van der Waals surface area contributed by atoms with E-state index in [9.17, 15) is 0 Å². The Morgan fingerprint density at radius 3 is 3.00 bits per heavy atom. The molecule has 0 atom stereocenters. The minimum atomic E-state index is 0.510. The summed E-state index contributed by atoms with van der Waals surface area (Å²) in [4.78, 5) is 7.89. The van der Waals surface area contributed by atoms with Crippen LogP contribution in [0, 0.1) is 0 Å². The van der Waals surface area contributed by atoms with E-state index in [1.165, 1.54) is 0 Å². The van der Waals surface area contributed by atoms with Crippen molar-refractivity contribution in [1.82, 2.24) is 9.97 Å². The van der Waals surface area contributed by atoms with Gasteiger partial charge in [0.1, 0.15) is 0 Å². The van der Waals surface area contributed by atoms with Crippen molar-refractivity contribution in [2.75, 3.05) is 5.88 Å². The molecule has 2 nitrogen and oxygen atoms in total. The minimum Gasteiger partial charge on any atom is -0.261 e. The highest BCUT2D eigenvalue weighted by atomic mass is 35.5. The third kappa shape index (κ3) is 2.15. The summed E-state index contributed by atoms with van der Waals surface area (Å²) >= 11 is 5.42. The van der Waals surface area contributed by atoms with Gasteiger partial charge in [-0.1, -0.05) is 6.08 Å². The Balaban J connectivity index is 2.67. The average Bonchev–Trinajstić information content (AvgIpc) is 2.03. The van der Waals surface area contributed by atoms with Gasteiger partial charge in [0, 0.05) is 18.3 Å². The summed E-state index contributed by atoms with van der Waals surface area (Å²) < 4.78 is 0. The molecule has 3 heteroatoms. The summed E-state index contributed by atoms with van der Waals surface area (Å²) in [6.07, 6.45) is 8.63. The quantitative estimate of drug-likeness (QED) is 0.607. The zero-order chi connectivity index (χ0) is 7.23. The van der Waals surface area contributed by atoms with Gasteiger partial charge in [0.15, 0.2) is 0 Å². The number of hydrogen-bond acceptors (Lipinski definition) is 2. The molecule has 0 N–H and O–H groups in total. The maximum Gasteiger partial charge on any atom is 0.0810 e. The van der Waals surface area contributed by atoms with Gasteiger partial charge < -0.3 is 0 Å². The molecule has 0 aliphatic heterocycles. The summed E-state index contributed by atoms with van der Waals surface area (Å²) in [5, 5.41) is 0. The van der Waals surface area contributed by atoms with Crippen LogP contribution in [0.25, 0.3) is 6.08 Å². The highest BCUT2D eigenvalue weighted by molar-refractivity contribution is 6.19. The van der Waals surface area contributed by atoms with Gasteiger partial charge in [-0.3, -0.25) is 9.97 Å². The molecule has 0 spiro atoms. The summed E-state index contributed by atoms with van der Waals surface area (Å²) in [7, 11) is 0. The predicted octanol–water partition coefficient (Wildman–Crippen LogP) is 1.73. The Hall–Kier alpha value is -0.890. The number of halogens is 1. The lowest BCUT2D eigenvalue weighted by Gasteiger charge is -1.86. The molecule has 1 aromatic heterocycles. The summed E-state index contributed by atoms with van der Waals surface area (Å²) in [6.45, 7) is 0. The van der Waals surface area contributed by atoms with Crippen LogP contribution in [0.4, 0.5) is 0 Å². The molecule has 0 aliphatic carbocycles. The van der Waals surface area contributed by atoms with Crippen molar-refractivity contribution in [3.63, 3.8) is 0 Å². The molecule has 52 valence electrons. The molecular weight excluding hydrogens is 148 g/mol. The fraction of sp³-hybridized carbons (Fsp3) is 0.143. The van der Waals surface area contributed by atoms with Crippen LogP contribution in [0.3, 0.4) is 0 Å². The fourth-order valence-electron chi connectivity index (χ4n) is 0.562. The van der Waals surface area contributed by atoms with Gasteiger partial charge in [-0.25, -0.2) is 0 Å². The first-order chi connectivity index (χ1) is 4.93. The lowest BCUT2D eigenvalue weighted by Crippen LogP contribution is -1.79. The first-order valence-corrected chi connectivity index (χ1v) is 3.45. The number of alkyl halides is 1. The first-order valence-electron chi connectivity index (χ1n) is 2.92. The maximum absolute atomic E-state index is 5.42. The van der Waals surface area contributed by atoms with E-state index >= 15 is 0 Å². The summed E-state index contributed by atoms with van der Waals surface area (Å²) in [5.74, 6) is 0.510. The van der Waals surface area contributed by atoms with E-state index in [1.807, 2.05) is 12.2 Å². The van der Waals surface area contributed by atoms with Gasteiger partial charge >= 0.3 is 0 Å². The Morgan fingerprint density at radius 1 is 1.50 bits per heavy atom. The molecule has 0 unspecified atom stereocenters. The van der Waals surface area contributed by atoms with Gasteiger partial charge in [-0.05, 0) is 6.08 Å². The first kappa shape index (κ1) is 7.22. The number of nitrogens with zero attached hydrogens (tertiary/aromatic N) is 2. The van der Waals surface area contributed by atoms with Crippen molar-refractivity contribution >= 4 is 17.7 Å². The zero-order valence-electron chi connectivity index (χ0n) is 5.37. The highest BCUT2D eigenvalue weighted by Gasteiger charge is 1.82. The molecule has 1 aromatic rings. The summed E-state index contributed by atoms with van der Waals surface area (Å²) in [5.41, 5.74) is 0.836. The monoisotopic (exact) mass is 154 g/mol. The SMILES string of the molecule is ClC/C=C/c1cnccn1. The molecule has 0 amide bonds. The van der Waals surface area contributed by atoms with Gasteiger partial charge in [0.2, 0.25) is 0 Å². The van der Waals surface area contributed by atoms with E-state index in [0.29, 0.717) is 5.88 Å². The summed E-state index contributed by atoms with van der Waals surface area (Å²) in [6, 6.07) is 0. The van der Waals surface area contributed by atoms with Crippen molar-refractivity contribution in [1.29, 1.82) is 0 Å². The van der Waals surface area contributed by atoms with Crippen molar-refractivity contribution in [2.45, 2.75) is 0 Å². The average molecular weight is 155 g/mol. The van der Waals surface area contributed by atoms with Crippen molar-refractivity contribution < 1.29 is 0 Å². The molecule has 0 saturated carbocycles. The van der Waals surface area contributed by atoms with Crippen LogP contribution >= 0.6 is 11.6 Å². The Labute approximate surface area is 64.6 Å². The second-order valence-corrected chi connectivity index (χ2v) is 2.00. The second kappa shape index (κ2) is 4.01. The van der Waals surface area contributed by atoms with Gasteiger partial charge in [0.05, 0.1) is 11.9 Å². The van der Waals surface area contributed by atoms with E-state index in [2.05, 4.69) is 9.97 Å². The van der Waals surface area contributed by atoms with Crippen molar-refractivity contribution in [3.8, 4) is 0 Å². The molecule has 0 aromatic carbocycles. The van der Waals surface area contributed by atoms with Crippen LogP contribution in [0.5, 0.6) is 0 Å². The van der Waals surface area contributed by atoms with E-state index < -0.39 is 0 Å².